The van der Waals surface area contributed by atoms with Crippen LogP contribution < -0.4 is 5.32 Å². The van der Waals surface area contributed by atoms with Gasteiger partial charge in [0.2, 0.25) is 0 Å². The Labute approximate surface area is 152 Å². The van der Waals surface area contributed by atoms with E-state index in [1.165, 1.54) is 6.92 Å². The summed E-state index contributed by atoms with van der Waals surface area (Å²) in [6, 6.07) is 6.58. The maximum absolute atomic E-state index is 12.0. The molecular weight excluding hydrogens is 340 g/mol. The van der Waals surface area contributed by atoms with Gasteiger partial charge in [0.05, 0.1) is 39.6 Å². The summed E-state index contributed by atoms with van der Waals surface area (Å²) in [6.07, 6.45) is 0. The van der Waals surface area contributed by atoms with Gasteiger partial charge in [0, 0.05) is 29.1 Å². The number of amides is 1. The highest BCUT2D eigenvalue weighted by Gasteiger charge is 2.07. The number of ketones is 1. The first-order chi connectivity index (χ1) is 12.6. The molecule has 0 aromatic heterocycles. The molecule has 0 bridgehead atoms. The Morgan fingerprint density at radius 2 is 1.65 bits per heavy atom. The van der Waals surface area contributed by atoms with Gasteiger partial charge in [-0.25, -0.2) is 0 Å². The third-order valence-corrected chi connectivity index (χ3v) is 3.21. The average Bonchev–Trinajstić information content (AvgIpc) is 2.65. The largest absolute Gasteiger partial charge is 0.379 e. The number of Topliss-reactive ketones (excluding diaryl/α,β-unsaturated/α-hetero) is 1. The highest BCUT2D eigenvalue weighted by molar-refractivity contribution is 5.99. The third kappa shape index (κ3) is 9.75. The minimum atomic E-state index is -0.245. The molecule has 0 radical (unpaired) electrons. The zero-order valence-corrected chi connectivity index (χ0v) is 14.8. The van der Waals surface area contributed by atoms with Crippen LogP contribution in [0.4, 0.5) is 0 Å². The number of ether oxygens (including phenoxy) is 3. The van der Waals surface area contributed by atoms with Gasteiger partial charge in [-0.05, 0) is 24.6 Å². The van der Waals surface area contributed by atoms with E-state index in [1.807, 2.05) is 0 Å². The van der Waals surface area contributed by atoms with E-state index >= 15 is 0 Å². The Kier molecular flexibility index (Phi) is 11.5. The van der Waals surface area contributed by atoms with Gasteiger partial charge >= 0.3 is 0 Å². The molecule has 142 valence electrons. The Balaban J connectivity index is 2.00. The van der Waals surface area contributed by atoms with Crippen molar-refractivity contribution in [1.82, 2.24) is 5.32 Å². The van der Waals surface area contributed by atoms with Gasteiger partial charge in [0.1, 0.15) is 0 Å². The molecule has 1 N–H and O–H groups in total. The van der Waals surface area contributed by atoms with Crippen LogP contribution in [0.25, 0.3) is 10.4 Å². The van der Waals surface area contributed by atoms with Gasteiger partial charge in [-0.15, -0.1) is 0 Å². The molecule has 1 aromatic rings. The number of carbonyl (C=O) groups excluding carboxylic acids is 2. The van der Waals surface area contributed by atoms with Crippen LogP contribution in [0.5, 0.6) is 0 Å². The number of nitrogens with zero attached hydrogens (tertiary/aromatic N) is 3. The van der Waals surface area contributed by atoms with Crippen LogP contribution in [0, 0.1) is 0 Å². The van der Waals surface area contributed by atoms with E-state index in [2.05, 4.69) is 15.3 Å². The maximum atomic E-state index is 12.0. The Morgan fingerprint density at radius 1 is 1.04 bits per heavy atom. The fourth-order valence-corrected chi connectivity index (χ4v) is 1.91. The monoisotopic (exact) mass is 364 g/mol. The van der Waals surface area contributed by atoms with Gasteiger partial charge in [-0.3, -0.25) is 9.59 Å². The number of azide groups is 1. The van der Waals surface area contributed by atoms with Crippen molar-refractivity contribution >= 4 is 11.7 Å². The van der Waals surface area contributed by atoms with Crippen molar-refractivity contribution in [3.05, 3.63) is 45.8 Å². The van der Waals surface area contributed by atoms with Crippen molar-refractivity contribution in [3.8, 4) is 0 Å². The number of hydrogen-bond acceptors (Lipinski definition) is 6. The van der Waals surface area contributed by atoms with Crippen molar-refractivity contribution in [2.45, 2.75) is 6.92 Å². The van der Waals surface area contributed by atoms with E-state index in [-0.39, 0.29) is 11.7 Å². The van der Waals surface area contributed by atoms with E-state index in [9.17, 15) is 9.59 Å². The molecule has 1 amide bonds. The Morgan fingerprint density at radius 3 is 2.31 bits per heavy atom. The zero-order valence-electron chi connectivity index (χ0n) is 14.8. The predicted octanol–water partition coefficient (Wildman–Crippen LogP) is 1.98. The van der Waals surface area contributed by atoms with Gasteiger partial charge in [0.15, 0.2) is 5.78 Å². The first-order valence-corrected chi connectivity index (χ1v) is 8.28. The summed E-state index contributed by atoms with van der Waals surface area (Å²) >= 11 is 0. The summed E-state index contributed by atoms with van der Waals surface area (Å²) in [5.41, 5.74) is 9.03. The summed E-state index contributed by atoms with van der Waals surface area (Å²) in [5.74, 6) is -0.324. The van der Waals surface area contributed by atoms with E-state index in [4.69, 9.17) is 19.7 Å². The molecule has 0 aliphatic carbocycles. The van der Waals surface area contributed by atoms with Crippen molar-refractivity contribution in [2.75, 3.05) is 52.7 Å². The third-order valence-electron chi connectivity index (χ3n) is 3.21. The lowest BCUT2D eigenvalue weighted by Crippen LogP contribution is -2.27. The molecule has 0 saturated carbocycles. The number of hydrogen-bond donors (Lipinski definition) is 1. The van der Waals surface area contributed by atoms with E-state index < -0.39 is 0 Å². The van der Waals surface area contributed by atoms with Gasteiger partial charge in [0.25, 0.3) is 5.91 Å². The van der Waals surface area contributed by atoms with E-state index in [0.717, 1.165) is 0 Å². The van der Waals surface area contributed by atoms with Crippen LogP contribution in [0.3, 0.4) is 0 Å². The second-order valence-corrected chi connectivity index (χ2v) is 5.18. The van der Waals surface area contributed by atoms with Crippen molar-refractivity contribution < 1.29 is 23.8 Å². The predicted molar refractivity (Wildman–Crippen MR) is 95.2 cm³/mol. The molecule has 0 fully saturated rings. The van der Waals surface area contributed by atoms with Crippen molar-refractivity contribution in [1.29, 1.82) is 0 Å². The van der Waals surface area contributed by atoms with Crippen LogP contribution >= 0.6 is 0 Å². The molecule has 9 heteroatoms. The number of rotatable bonds is 14. The topological polar surface area (TPSA) is 123 Å². The lowest BCUT2D eigenvalue weighted by atomic mass is 10.1. The molecule has 0 saturated heterocycles. The molecular formula is C17H24N4O5. The molecule has 1 aromatic carbocycles. The van der Waals surface area contributed by atoms with Crippen LogP contribution in [-0.2, 0) is 14.2 Å². The second-order valence-electron chi connectivity index (χ2n) is 5.18. The van der Waals surface area contributed by atoms with Crippen LogP contribution in [0.1, 0.15) is 27.6 Å². The smallest absolute Gasteiger partial charge is 0.251 e. The highest BCUT2D eigenvalue weighted by atomic mass is 16.5. The van der Waals surface area contributed by atoms with Crippen molar-refractivity contribution in [2.24, 2.45) is 5.11 Å². The SMILES string of the molecule is CC(=O)c1cccc(C(=O)NCCOCCOCCOCCN=[N+]=[N-])c1. The van der Waals surface area contributed by atoms with Gasteiger partial charge in [-0.2, -0.15) is 0 Å². The molecule has 0 heterocycles. The summed E-state index contributed by atoms with van der Waals surface area (Å²) < 4.78 is 15.8. The standard InChI is InChI=1S/C17H24N4O5/c1-14(22)15-3-2-4-16(13-15)17(23)19-5-7-24-9-11-26-12-10-25-8-6-20-21-18/h2-4,13H,5-12H2,1H3,(H,19,23). The molecule has 1 rings (SSSR count). The van der Waals surface area contributed by atoms with E-state index in [1.54, 1.807) is 24.3 Å². The minimum absolute atomic E-state index is 0.0796. The number of benzene rings is 1. The normalized spacial score (nSPS) is 10.2. The molecule has 9 nitrogen and oxygen atoms in total. The highest BCUT2D eigenvalue weighted by Crippen LogP contribution is 2.05. The minimum Gasteiger partial charge on any atom is -0.379 e. The summed E-state index contributed by atoms with van der Waals surface area (Å²) in [7, 11) is 0. The maximum Gasteiger partial charge on any atom is 0.251 e. The summed E-state index contributed by atoms with van der Waals surface area (Å²) in [5, 5.41) is 6.07. The number of carbonyl (C=O) groups is 2. The lowest BCUT2D eigenvalue weighted by Gasteiger charge is -2.08. The van der Waals surface area contributed by atoms with Gasteiger partial charge in [-0.1, -0.05) is 17.2 Å². The Bertz CT molecular complexity index is 617. The molecule has 26 heavy (non-hydrogen) atoms. The average molecular weight is 364 g/mol. The molecule has 0 aliphatic heterocycles. The fourth-order valence-electron chi connectivity index (χ4n) is 1.91. The molecule has 0 unspecified atom stereocenters. The van der Waals surface area contributed by atoms with Crippen LogP contribution in [0.2, 0.25) is 0 Å². The van der Waals surface area contributed by atoms with Gasteiger partial charge < -0.3 is 19.5 Å². The fraction of sp³-hybridized carbons (Fsp3) is 0.529. The molecule has 0 spiro atoms. The number of nitrogens with one attached hydrogen (secondary N) is 1. The Hall–Kier alpha value is -2.45. The van der Waals surface area contributed by atoms with E-state index in [0.29, 0.717) is 63.9 Å². The first-order valence-electron chi connectivity index (χ1n) is 8.28. The summed E-state index contributed by atoms with van der Waals surface area (Å²) in [4.78, 5) is 25.9. The molecule has 0 aliphatic rings. The lowest BCUT2D eigenvalue weighted by molar-refractivity contribution is 0.0166. The zero-order chi connectivity index (χ0) is 19.0. The quantitative estimate of drug-likeness (QED) is 0.178. The molecule has 0 atom stereocenters. The van der Waals surface area contributed by atoms with Crippen molar-refractivity contribution in [3.63, 3.8) is 0 Å². The summed E-state index contributed by atoms with van der Waals surface area (Å²) in [6.45, 7) is 4.57. The second kappa shape index (κ2) is 13.8. The van der Waals surface area contributed by atoms with Crippen LogP contribution in [-0.4, -0.2) is 64.4 Å². The first kappa shape index (κ1) is 21.6. The van der Waals surface area contributed by atoms with Crippen LogP contribution in [0.15, 0.2) is 29.4 Å².